The molecule has 0 saturated heterocycles. The molecule has 20 heavy (non-hydrogen) atoms. The molecule has 1 aliphatic carbocycles. The molecule has 0 bridgehead atoms. The highest BCUT2D eigenvalue weighted by molar-refractivity contribution is 6.28. The molecule has 2 unspecified atom stereocenters. The number of aromatic amines is 1. The van der Waals surface area contributed by atoms with E-state index in [1.807, 2.05) is 0 Å². The van der Waals surface area contributed by atoms with Gasteiger partial charge in [0.05, 0.1) is 12.3 Å². The molecule has 2 aromatic rings. The number of imidazole rings is 1. The van der Waals surface area contributed by atoms with Crippen molar-refractivity contribution in [1.82, 2.24) is 19.5 Å². The predicted molar refractivity (Wildman–Crippen MR) is 74.4 cm³/mol. The number of aromatic nitrogens is 4. The van der Waals surface area contributed by atoms with E-state index >= 15 is 0 Å². The Morgan fingerprint density at radius 3 is 3.20 bits per heavy atom. The molecular formula is C13H14ClN5O. The Bertz CT molecular complexity index is 728. The molecule has 1 fully saturated rings. The van der Waals surface area contributed by atoms with E-state index in [-0.39, 0.29) is 17.0 Å². The molecule has 1 N–H and O–H groups in total. The third-order valence-electron chi connectivity index (χ3n) is 3.93. The Hall–Kier alpha value is -1.87. The first-order chi connectivity index (χ1) is 9.69. The van der Waals surface area contributed by atoms with Crippen LogP contribution >= 0.6 is 11.6 Å². The summed E-state index contributed by atoms with van der Waals surface area (Å²) < 4.78 is 1.67. The van der Waals surface area contributed by atoms with Gasteiger partial charge in [0.15, 0.2) is 5.65 Å². The lowest BCUT2D eigenvalue weighted by Crippen LogP contribution is -2.27. The molecule has 6 nitrogen and oxygen atoms in total. The van der Waals surface area contributed by atoms with Crippen LogP contribution in [0.1, 0.15) is 38.1 Å². The van der Waals surface area contributed by atoms with Gasteiger partial charge in [0.2, 0.25) is 5.28 Å². The number of nitrogens with one attached hydrogen (secondary N) is 1. The third-order valence-corrected chi connectivity index (χ3v) is 4.11. The van der Waals surface area contributed by atoms with Gasteiger partial charge in [-0.3, -0.25) is 4.57 Å². The number of H-pyrrole nitrogens is 1. The Balaban J connectivity index is 2.01. The Morgan fingerprint density at radius 2 is 2.40 bits per heavy atom. The van der Waals surface area contributed by atoms with Crippen molar-refractivity contribution in [2.75, 3.05) is 0 Å². The van der Waals surface area contributed by atoms with Crippen molar-refractivity contribution in [3.8, 4) is 6.07 Å². The van der Waals surface area contributed by atoms with E-state index in [2.05, 4.69) is 21.0 Å². The zero-order valence-electron chi connectivity index (χ0n) is 10.8. The molecule has 0 spiro atoms. The first kappa shape index (κ1) is 13.1. The number of halogens is 1. The third kappa shape index (κ3) is 2.29. The number of fused-ring (bicyclic) bond motifs is 1. The van der Waals surface area contributed by atoms with Crippen LogP contribution in [0, 0.1) is 17.2 Å². The summed E-state index contributed by atoms with van der Waals surface area (Å²) in [6.07, 6.45) is 5.91. The van der Waals surface area contributed by atoms with Gasteiger partial charge in [-0.15, -0.1) is 0 Å². The maximum absolute atomic E-state index is 12.1. The van der Waals surface area contributed by atoms with Crippen LogP contribution in [0.15, 0.2) is 11.0 Å². The molecule has 3 rings (SSSR count). The van der Waals surface area contributed by atoms with Gasteiger partial charge in [0.1, 0.15) is 5.52 Å². The molecule has 1 saturated carbocycles. The van der Waals surface area contributed by atoms with Crippen LogP contribution in [0.2, 0.25) is 5.28 Å². The van der Waals surface area contributed by atoms with Crippen molar-refractivity contribution < 1.29 is 0 Å². The Kier molecular flexibility index (Phi) is 3.45. The maximum atomic E-state index is 12.1. The summed E-state index contributed by atoms with van der Waals surface area (Å²) in [6.45, 7) is 0. The van der Waals surface area contributed by atoms with Crippen molar-refractivity contribution in [3.63, 3.8) is 0 Å². The smallest absolute Gasteiger partial charge is 0.303 e. The molecule has 104 valence electrons. The van der Waals surface area contributed by atoms with Crippen LogP contribution < -0.4 is 5.69 Å². The summed E-state index contributed by atoms with van der Waals surface area (Å²) in [5.41, 5.74) is 0.971. The highest BCUT2D eigenvalue weighted by Crippen LogP contribution is 2.34. The second-order valence-corrected chi connectivity index (χ2v) is 5.56. The van der Waals surface area contributed by atoms with Crippen LogP contribution in [0.4, 0.5) is 0 Å². The molecule has 2 aromatic heterocycles. The fourth-order valence-corrected chi connectivity index (χ4v) is 3.17. The van der Waals surface area contributed by atoms with Crippen molar-refractivity contribution in [2.45, 2.75) is 38.1 Å². The Labute approximate surface area is 120 Å². The SMILES string of the molecule is N#CCC1CCCC(n2c(=O)[nH]c3cnc(Cl)nc32)C1. The lowest BCUT2D eigenvalue weighted by atomic mass is 9.84. The largest absolute Gasteiger partial charge is 0.327 e. The van der Waals surface area contributed by atoms with Gasteiger partial charge in [-0.05, 0) is 36.8 Å². The zero-order chi connectivity index (χ0) is 14.1. The molecule has 0 radical (unpaired) electrons. The van der Waals surface area contributed by atoms with Gasteiger partial charge in [-0.1, -0.05) is 6.42 Å². The molecule has 7 heteroatoms. The normalized spacial score (nSPS) is 22.8. The maximum Gasteiger partial charge on any atom is 0.327 e. The summed E-state index contributed by atoms with van der Waals surface area (Å²) in [6, 6.07) is 2.30. The average molecular weight is 292 g/mol. The molecule has 0 aromatic carbocycles. The van der Waals surface area contributed by atoms with E-state index in [4.69, 9.17) is 16.9 Å². The van der Waals surface area contributed by atoms with Crippen molar-refractivity contribution in [2.24, 2.45) is 5.92 Å². The van der Waals surface area contributed by atoms with Crippen LogP contribution in [0.5, 0.6) is 0 Å². The van der Waals surface area contributed by atoms with E-state index in [1.165, 1.54) is 6.20 Å². The minimum absolute atomic E-state index is 0.0781. The van der Waals surface area contributed by atoms with Crippen LogP contribution in [0.3, 0.4) is 0 Å². The minimum Gasteiger partial charge on any atom is -0.303 e. The van der Waals surface area contributed by atoms with E-state index in [9.17, 15) is 4.79 Å². The quantitative estimate of drug-likeness (QED) is 0.861. The Morgan fingerprint density at radius 1 is 1.55 bits per heavy atom. The number of rotatable bonds is 2. The summed E-state index contributed by atoms with van der Waals surface area (Å²) in [4.78, 5) is 22.9. The van der Waals surface area contributed by atoms with Gasteiger partial charge in [-0.25, -0.2) is 9.78 Å². The topological polar surface area (TPSA) is 87.4 Å². The monoisotopic (exact) mass is 291 g/mol. The molecule has 0 aliphatic heterocycles. The molecule has 2 heterocycles. The lowest BCUT2D eigenvalue weighted by Gasteiger charge is -2.28. The van der Waals surface area contributed by atoms with Crippen molar-refractivity contribution in [3.05, 3.63) is 22.0 Å². The highest BCUT2D eigenvalue weighted by Gasteiger charge is 2.26. The van der Waals surface area contributed by atoms with Crippen LogP contribution in [-0.4, -0.2) is 19.5 Å². The zero-order valence-corrected chi connectivity index (χ0v) is 11.6. The average Bonchev–Trinajstić information content (AvgIpc) is 2.75. The number of hydrogen-bond donors (Lipinski definition) is 1. The molecular weight excluding hydrogens is 278 g/mol. The second-order valence-electron chi connectivity index (χ2n) is 5.23. The number of nitriles is 1. The highest BCUT2D eigenvalue weighted by atomic mass is 35.5. The molecule has 2 atom stereocenters. The van der Waals surface area contributed by atoms with E-state index in [1.54, 1.807) is 4.57 Å². The van der Waals surface area contributed by atoms with Crippen LogP contribution in [-0.2, 0) is 0 Å². The predicted octanol–water partition coefficient (Wildman–Crippen LogP) is 2.42. The molecule has 1 aliphatic rings. The van der Waals surface area contributed by atoms with Gasteiger partial charge in [-0.2, -0.15) is 10.2 Å². The standard InChI is InChI=1S/C13H14ClN5O/c14-12-16-7-10-11(18-12)19(13(20)17-10)9-3-1-2-8(6-9)4-5-15/h7-9H,1-4,6H2,(H,17,20). The van der Waals surface area contributed by atoms with Crippen molar-refractivity contribution >= 4 is 22.8 Å². The van der Waals surface area contributed by atoms with Gasteiger partial charge >= 0.3 is 5.69 Å². The van der Waals surface area contributed by atoms with E-state index < -0.39 is 0 Å². The first-order valence-electron chi connectivity index (χ1n) is 6.68. The number of nitrogens with zero attached hydrogens (tertiary/aromatic N) is 4. The van der Waals surface area contributed by atoms with E-state index in [0.717, 1.165) is 25.7 Å². The fourth-order valence-electron chi connectivity index (χ4n) is 3.05. The first-order valence-corrected chi connectivity index (χ1v) is 7.06. The summed E-state index contributed by atoms with van der Waals surface area (Å²) >= 11 is 5.82. The van der Waals surface area contributed by atoms with E-state index in [0.29, 0.717) is 23.5 Å². The summed E-state index contributed by atoms with van der Waals surface area (Å²) in [5.74, 6) is 0.355. The van der Waals surface area contributed by atoms with Crippen LogP contribution in [0.25, 0.3) is 11.2 Å². The van der Waals surface area contributed by atoms with Gasteiger partial charge in [0, 0.05) is 12.5 Å². The number of hydrogen-bond acceptors (Lipinski definition) is 4. The summed E-state index contributed by atoms with van der Waals surface area (Å²) in [7, 11) is 0. The van der Waals surface area contributed by atoms with Gasteiger partial charge in [0.25, 0.3) is 0 Å². The second kappa shape index (κ2) is 5.25. The van der Waals surface area contributed by atoms with Crippen molar-refractivity contribution in [1.29, 1.82) is 5.26 Å². The summed E-state index contributed by atoms with van der Waals surface area (Å²) in [5, 5.41) is 8.97. The fraction of sp³-hybridized carbons (Fsp3) is 0.538. The lowest BCUT2D eigenvalue weighted by molar-refractivity contribution is 0.269. The minimum atomic E-state index is -0.181. The van der Waals surface area contributed by atoms with Gasteiger partial charge < -0.3 is 4.98 Å². The molecule has 0 amide bonds.